The normalized spacial score (nSPS) is 19.4. The molecule has 2 aliphatic carbocycles. The van der Waals surface area contributed by atoms with E-state index in [-0.39, 0.29) is 0 Å². The second-order valence-corrected chi connectivity index (χ2v) is 8.75. The van der Waals surface area contributed by atoms with Gasteiger partial charge in [-0.15, -0.1) is 0 Å². The zero-order valence-corrected chi connectivity index (χ0v) is 17.1. The van der Waals surface area contributed by atoms with Crippen LogP contribution in [0, 0.1) is 11.8 Å². The lowest BCUT2D eigenvalue weighted by molar-refractivity contribution is -0.124. The molecule has 0 radical (unpaired) electrons. The molecule has 3 rings (SSSR count). The molecule has 0 aromatic heterocycles. The Bertz CT molecular complexity index is 594. The number of hydrogen-bond donors (Lipinski definition) is 2. The van der Waals surface area contributed by atoms with Gasteiger partial charge in [0.2, 0.25) is 0 Å². The van der Waals surface area contributed by atoms with Crippen LogP contribution in [0.1, 0.15) is 75.3 Å². The monoisotopic (exact) mass is 384 g/mol. The molecular weight excluding hydrogens is 348 g/mol. The van der Waals surface area contributed by atoms with Crippen molar-refractivity contribution in [3.8, 4) is 0 Å². The first-order chi connectivity index (χ1) is 13.7. The number of hydrogen-bond acceptors (Lipinski definition) is 3. The summed E-state index contributed by atoms with van der Waals surface area (Å²) in [6, 6.07) is 8.45. The van der Waals surface area contributed by atoms with E-state index in [1.54, 1.807) is 11.6 Å². The quantitative estimate of drug-likeness (QED) is 0.369. The van der Waals surface area contributed by atoms with Gasteiger partial charge in [0.05, 0.1) is 0 Å². The predicted molar refractivity (Wildman–Crippen MR) is 114 cm³/mol. The van der Waals surface area contributed by atoms with Crippen molar-refractivity contribution in [2.45, 2.75) is 70.8 Å². The summed E-state index contributed by atoms with van der Waals surface area (Å²) in [5.41, 5.74) is 3.93. The van der Waals surface area contributed by atoms with Gasteiger partial charge < -0.3 is 0 Å². The molecule has 0 heterocycles. The van der Waals surface area contributed by atoms with E-state index in [2.05, 4.69) is 29.2 Å². The maximum Gasteiger partial charge on any atom is 0.267 e. The molecule has 4 heteroatoms. The predicted octanol–water partition coefficient (Wildman–Crippen LogP) is 5.17. The van der Waals surface area contributed by atoms with Crippen LogP contribution in [-0.2, 0) is 11.3 Å². The first-order valence-corrected chi connectivity index (χ1v) is 11.2. The molecule has 2 fully saturated rings. The van der Waals surface area contributed by atoms with Gasteiger partial charge in [0.15, 0.2) is 0 Å². The number of carbonyl (C=O) groups excluding carboxylic acids is 1. The molecule has 0 bridgehead atoms. The van der Waals surface area contributed by atoms with Crippen molar-refractivity contribution in [1.82, 2.24) is 10.4 Å². The second-order valence-electron chi connectivity index (χ2n) is 8.75. The third-order valence-corrected chi connectivity index (χ3v) is 6.41. The lowest BCUT2D eigenvalue weighted by Crippen LogP contribution is -2.35. The molecule has 0 aliphatic heterocycles. The van der Waals surface area contributed by atoms with Crippen molar-refractivity contribution in [2.75, 3.05) is 13.1 Å². The van der Waals surface area contributed by atoms with Gasteiger partial charge >= 0.3 is 0 Å². The smallest absolute Gasteiger partial charge is 0.267 e. The van der Waals surface area contributed by atoms with Crippen LogP contribution in [0.4, 0.5) is 0 Å². The minimum Gasteiger partial charge on any atom is -0.299 e. The van der Waals surface area contributed by atoms with E-state index in [1.807, 2.05) is 0 Å². The van der Waals surface area contributed by atoms with Gasteiger partial charge in [0.25, 0.3) is 5.91 Å². The number of nitrogens with zero attached hydrogens (tertiary/aromatic N) is 1. The molecule has 2 saturated carbocycles. The Balaban J connectivity index is 1.60. The third kappa shape index (κ3) is 7.06. The zero-order chi connectivity index (χ0) is 19.6. The van der Waals surface area contributed by atoms with Gasteiger partial charge in [0.1, 0.15) is 0 Å². The van der Waals surface area contributed by atoms with Crippen LogP contribution in [0.5, 0.6) is 0 Å². The number of benzene rings is 1. The van der Waals surface area contributed by atoms with Gasteiger partial charge in [-0.1, -0.05) is 62.8 Å². The number of nitrogens with one attached hydrogen (secondary N) is 1. The highest BCUT2D eigenvalue weighted by molar-refractivity contribution is 5.90. The summed E-state index contributed by atoms with van der Waals surface area (Å²) in [5, 5.41) is 8.57. The van der Waals surface area contributed by atoms with Crippen molar-refractivity contribution in [3.63, 3.8) is 0 Å². The second kappa shape index (κ2) is 11.4. The van der Waals surface area contributed by atoms with Crippen molar-refractivity contribution < 1.29 is 10.0 Å². The molecule has 154 valence electrons. The molecular formula is C24H36N2O2. The molecule has 2 aliphatic rings. The highest BCUT2D eigenvalue weighted by atomic mass is 16.5. The Labute approximate surface area is 170 Å². The number of carbonyl (C=O) groups is 1. The lowest BCUT2D eigenvalue weighted by atomic mass is 9.86. The number of amides is 1. The Morgan fingerprint density at radius 2 is 1.46 bits per heavy atom. The summed E-state index contributed by atoms with van der Waals surface area (Å²) < 4.78 is 0. The van der Waals surface area contributed by atoms with Crippen LogP contribution in [0.2, 0.25) is 0 Å². The molecule has 4 nitrogen and oxygen atoms in total. The van der Waals surface area contributed by atoms with Crippen molar-refractivity contribution in [3.05, 3.63) is 41.5 Å². The van der Waals surface area contributed by atoms with E-state index in [0.29, 0.717) is 0 Å². The fourth-order valence-corrected chi connectivity index (χ4v) is 4.87. The molecule has 1 amide bonds. The molecule has 1 aromatic carbocycles. The van der Waals surface area contributed by atoms with Crippen LogP contribution < -0.4 is 5.48 Å². The SMILES string of the molecule is O=C(C=Cc1ccc(CN(CC2CCCCC2)CC2CCCCC2)cc1)NO. The lowest BCUT2D eigenvalue weighted by Gasteiger charge is -2.33. The molecule has 2 N–H and O–H groups in total. The summed E-state index contributed by atoms with van der Waals surface area (Å²) in [6.07, 6.45) is 17.1. The van der Waals surface area contributed by atoms with Gasteiger partial charge in [-0.3, -0.25) is 14.9 Å². The minimum atomic E-state index is -0.504. The average molecular weight is 385 g/mol. The van der Waals surface area contributed by atoms with Crippen molar-refractivity contribution in [1.29, 1.82) is 0 Å². The Kier molecular flexibility index (Phi) is 8.56. The average Bonchev–Trinajstić information content (AvgIpc) is 2.74. The van der Waals surface area contributed by atoms with Crippen LogP contribution in [-0.4, -0.2) is 29.1 Å². The zero-order valence-electron chi connectivity index (χ0n) is 17.1. The molecule has 28 heavy (non-hydrogen) atoms. The van der Waals surface area contributed by atoms with Gasteiger partial charge in [-0.25, -0.2) is 5.48 Å². The summed E-state index contributed by atoms with van der Waals surface area (Å²) in [5.74, 6) is 1.24. The van der Waals surface area contributed by atoms with E-state index >= 15 is 0 Å². The summed E-state index contributed by atoms with van der Waals surface area (Å²) in [7, 11) is 0. The molecule has 1 aromatic rings. The highest BCUT2D eigenvalue weighted by Gasteiger charge is 2.21. The van der Waals surface area contributed by atoms with E-state index in [0.717, 1.165) is 23.9 Å². The van der Waals surface area contributed by atoms with Gasteiger partial charge in [0, 0.05) is 25.7 Å². The molecule has 0 unspecified atom stereocenters. The summed E-state index contributed by atoms with van der Waals surface area (Å²) in [6.45, 7) is 3.51. The van der Waals surface area contributed by atoms with E-state index in [4.69, 9.17) is 5.21 Å². The Hall–Kier alpha value is -1.65. The molecule has 0 saturated heterocycles. The number of hydroxylamine groups is 1. The van der Waals surface area contributed by atoms with E-state index in [1.165, 1.54) is 88.9 Å². The maximum atomic E-state index is 11.1. The van der Waals surface area contributed by atoms with Crippen LogP contribution in [0.15, 0.2) is 30.3 Å². The number of rotatable bonds is 8. The molecule has 0 atom stereocenters. The van der Waals surface area contributed by atoms with Gasteiger partial charge in [-0.2, -0.15) is 0 Å². The third-order valence-electron chi connectivity index (χ3n) is 6.41. The highest BCUT2D eigenvalue weighted by Crippen LogP contribution is 2.28. The van der Waals surface area contributed by atoms with Crippen LogP contribution >= 0.6 is 0 Å². The first kappa shape index (κ1) is 21.1. The van der Waals surface area contributed by atoms with Crippen LogP contribution in [0.25, 0.3) is 6.08 Å². The first-order valence-electron chi connectivity index (χ1n) is 11.2. The fourth-order valence-electron chi connectivity index (χ4n) is 4.87. The largest absolute Gasteiger partial charge is 0.299 e. The maximum absolute atomic E-state index is 11.1. The van der Waals surface area contributed by atoms with Crippen molar-refractivity contribution >= 4 is 12.0 Å². The van der Waals surface area contributed by atoms with Crippen molar-refractivity contribution in [2.24, 2.45) is 11.8 Å². The Morgan fingerprint density at radius 3 is 1.96 bits per heavy atom. The van der Waals surface area contributed by atoms with E-state index < -0.39 is 5.91 Å². The fraction of sp³-hybridized carbons (Fsp3) is 0.625. The molecule has 0 spiro atoms. The summed E-state index contributed by atoms with van der Waals surface area (Å²) >= 11 is 0. The minimum absolute atomic E-state index is 0.504. The van der Waals surface area contributed by atoms with Gasteiger partial charge in [-0.05, 0) is 54.7 Å². The standard InChI is InChI=1S/C24H36N2O2/c27-24(25-28)16-15-20-11-13-23(14-12-20)19-26(17-21-7-3-1-4-8-21)18-22-9-5-2-6-10-22/h11-16,21-22,28H,1-10,17-19H2,(H,25,27). The topological polar surface area (TPSA) is 52.6 Å². The summed E-state index contributed by atoms with van der Waals surface area (Å²) in [4.78, 5) is 13.8. The Morgan fingerprint density at radius 1 is 0.929 bits per heavy atom. The van der Waals surface area contributed by atoms with Crippen LogP contribution in [0.3, 0.4) is 0 Å². The van der Waals surface area contributed by atoms with E-state index in [9.17, 15) is 4.79 Å².